The zero-order valence-corrected chi connectivity index (χ0v) is 19.9. The van der Waals surface area contributed by atoms with Gasteiger partial charge in [0.1, 0.15) is 31.0 Å². The van der Waals surface area contributed by atoms with Crippen LogP contribution in [0.2, 0.25) is 0 Å². The Morgan fingerprint density at radius 2 is 1.48 bits per heavy atom. The van der Waals surface area contributed by atoms with Crippen molar-refractivity contribution in [1.29, 1.82) is 0 Å². The highest BCUT2D eigenvalue weighted by atomic mass is 16.7. The third kappa shape index (κ3) is 11.6. The normalized spacial score (nSPS) is 26.1. The van der Waals surface area contributed by atoms with E-state index in [0.717, 1.165) is 19.3 Å². The van der Waals surface area contributed by atoms with Gasteiger partial charge in [0.2, 0.25) is 0 Å². The van der Waals surface area contributed by atoms with Crippen LogP contribution in [0.15, 0.2) is 0 Å². The molecule has 0 aromatic carbocycles. The van der Waals surface area contributed by atoms with Gasteiger partial charge in [-0.25, -0.2) is 0 Å². The van der Waals surface area contributed by atoms with E-state index in [9.17, 15) is 30.0 Å². The summed E-state index contributed by atoms with van der Waals surface area (Å²) in [6.07, 6.45) is 1.06. The van der Waals surface area contributed by atoms with Crippen molar-refractivity contribution in [3.8, 4) is 0 Å². The predicted octanol–water partition coefficient (Wildman–Crippen LogP) is 1.20. The number of carbonyl (C=O) groups excluding carboxylic acids is 2. The van der Waals surface area contributed by atoms with E-state index < -0.39 is 55.4 Å². The number of carbonyl (C=O) groups is 2. The van der Waals surface area contributed by atoms with Crippen LogP contribution in [0.1, 0.15) is 78.1 Å². The van der Waals surface area contributed by atoms with Crippen molar-refractivity contribution < 1.29 is 49.0 Å². The summed E-state index contributed by atoms with van der Waals surface area (Å²) >= 11 is 0. The molecule has 4 N–H and O–H groups in total. The van der Waals surface area contributed by atoms with Crippen molar-refractivity contribution in [1.82, 2.24) is 0 Å². The third-order valence-corrected chi connectivity index (χ3v) is 5.55. The number of esters is 2. The second kappa shape index (κ2) is 17.2. The highest BCUT2D eigenvalue weighted by Crippen LogP contribution is 2.22. The first kappa shape index (κ1) is 29.7. The molecule has 33 heavy (non-hydrogen) atoms. The molecule has 1 heterocycles. The second-order valence-corrected chi connectivity index (χ2v) is 8.40. The summed E-state index contributed by atoms with van der Waals surface area (Å²) in [5.74, 6) is -0.914. The minimum Gasteiger partial charge on any atom is -0.462 e. The van der Waals surface area contributed by atoms with Gasteiger partial charge in [0.25, 0.3) is 0 Å². The summed E-state index contributed by atoms with van der Waals surface area (Å²) in [5, 5.41) is 39.0. The Morgan fingerprint density at radius 3 is 2.09 bits per heavy atom. The molecule has 0 amide bonds. The highest BCUT2D eigenvalue weighted by Gasteiger charge is 2.44. The molecule has 10 heteroatoms. The van der Waals surface area contributed by atoms with Gasteiger partial charge in [0, 0.05) is 12.8 Å². The van der Waals surface area contributed by atoms with Crippen molar-refractivity contribution in [2.45, 2.75) is 115 Å². The molecule has 10 nitrogen and oxygen atoms in total. The van der Waals surface area contributed by atoms with Crippen LogP contribution >= 0.6 is 0 Å². The van der Waals surface area contributed by atoms with Gasteiger partial charge in [-0.1, -0.05) is 58.8 Å². The van der Waals surface area contributed by atoms with E-state index in [1.807, 2.05) is 0 Å². The van der Waals surface area contributed by atoms with Gasteiger partial charge in [0.05, 0.1) is 13.2 Å². The van der Waals surface area contributed by atoms with E-state index in [-0.39, 0.29) is 26.1 Å². The van der Waals surface area contributed by atoms with Crippen LogP contribution in [0.25, 0.3) is 0 Å². The summed E-state index contributed by atoms with van der Waals surface area (Å²) in [6.45, 7) is 2.72. The monoisotopic (exact) mass is 478 g/mol. The van der Waals surface area contributed by atoms with Gasteiger partial charge in [0.15, 0.2) is 12.4 Å². The smallest absolute Gasteiger partial charge is 0.306 e. The second-order valence-electron chi connectivity index (χ2n) is 8.40. The van der Waals surface area contributed by atoms with E-state index in [1.165, 1.54) is 25.7 Å². The fourth-order valence-corrected chi connectivity index (χ4v) is 3.46. The first-order valence-electron chi connectivity index (χ1n) is 12.1. The van der Waals surface area contributed by atoms with Crippen LogP contribution in [0.4, 0.5) is 0 Å². The Labute approximate surface area is 196 Å². The van der Waals surface area contributed by atoms with E-state index in [2.05, 4.69) is 6.92 Å². The van der Waals surface area contributed by atoms with Crippen molar-refractivity contribution in [3.05, 3.63) is 0 Å². The van der Waals surface area contributed by atoms with Crippen molar-refractivity contribution >= 4 is 11.9 Å². The Morgan fingerprint density at radius 1 is 0.848 bits per heavy atom. The first-order valence-corrected chi connectivity index (χ1v) is 12.1. The van der Waals surface area contributed by atoms with Crippen LogP contribution in [0.5, 0.6) is 0 Å². The van der Waals surface area contributed by atoms with Crippen molar-refractivity contribution in [2.24, 2.45) is 0 Å². The number of aliphatic hydroxyl groups is 4. The van der Waals surface area contributed by atoms with Gasteiger partial charge in [-0.3, -0.25) is 9.59 Å². The molecule has 1 rings (SSSR count). The Hall–Kier alpha value is -1.30. The molecule has 1 aliphatic heterocycles. The molecule has 0 aromatic rings. The van der Waals surface area contributed by atoms with Crippen LogP contribution in [-0.2, 0) is 28.5 Å². The Bertz CT molecular complexity index is 541. The third-order valence-electron chi connectivity index (χ3n) is 5.55. The molecule has 0 aromatic heterocycles. The van der Waals surface area contributed by atoms with Crippen LogP contribution < -0.4 is 0 Å². The first-order chi connectivity index (χ1) is 15.8. The predicted molar refractivity (Wildman–Crippen MR) is 118 cm³/mol. The van der Waals surface area contributed by atoms with Crippen LogP contribution in [0, 0.1) is 0 Å². The molecule has 6 atom stereocenters. The zero-order valence-electron chi connectivity index (χ0n) is 19.9. The zero-order chi connectivity index (χ0) is 24.6. The largest absolute Gasteiger partial charge is 0.462 e. The summed E-state index contributed by atoms with van der Waals surface area (Å²) in [6, 6.07) is 0. The SMILES string of the molecule is CCCCCCCCCCC(=O)OC(COC(=O)CC)COC1OC(CO)C(O)C(O)C1O. The van der Waals surface area contributed by atoms with E-state index in [0.29, 0.717) is 6.42 Å². The number of hydrogen-bond acceptors (Lipinski definition) is 10. The number of aliphatic hydroxyl groups excluding tert-OH is 4. The summed E-state index contributed by atoms with van der Waals surface area (Å²) < 4.78 is 21.2. The molecule has 0 bridgehead atoms. The molecule has 0 spiro atoms. The number of unbranched alkanes of at least 4 members (excludes halogenated alkanes) is 7. The number of ether oxygens (including phenoxy) is 4. The van der Waals surface area contributed by atoms with Gasteiger partial charge in [-0.05, 0) is 6.42 Å². The molecule has 0 aliphatic carbocycles. The van der Waals surface area contributed by atoms with E-state index in [1.54, 1.807) is 6.92 Å². The van der Waals surface area contributed by atoms with Crippen molar-refractivity contribution in [2.75, 3.05) is 19.8 Å². The minimum atomic E-state index is -1.58. The summed E-state index contributed by atoms with van der Waals surface area (Å²) in [4.78, 5) is 23.7. The maximum Gasteiger partial charge on any atom is 0.306 e. The number of rotatable bonds is 17. The molecule has 6 unspecified atom stereocenters. The Kier molecular flexibility index (Phi) is 15.5. The fourth-order valence-electron chi connectivity index (χ4n) is 3.46. The van der Waals surface area contributed by atoms with Crippen molar-refractivity contribution in [3.63, 3.8) is 0 Å². The quantitative estimate of drug-likeness (QED) is 0.177. The summed E-state index contributed by atoms with van der Waals surface area (Å²) in [7, 11) is 0. The van der Waals surface area contributed by atoms with Crippen LogP contribution in [-0.4, -0.2) is 89.0 Å². The minimum absolute atomic E-state index is 0.159. The molecule has 1 saturated heterocycles. The summed E-state index contributed by atoms with van der Waals surface area (Å²) in [5.41, 5.74) is 0. The topological polar surface area (TPSA) is 152 Å². The molecule has 194 valence electrons. The standard InChI is InChI=1S/C23H42O10/c1-3-5-6-7-8-9-10-11-12-19(26)32-16(14-30-18(25)4-2)15-31-23-22(29)21(28)20(27)17(13-24)33-23/h16-17,20-24,27-29H,3-15H2,1-2H3. The van der Waals surface area contributed by atoms with Gasteiger partial charge in [-0.2, -0.15) is 0 Å². The lowest BCUT2D eigenvalue weighted by molar-refractivity contribution is -0.305. The highest BCUT2D eigenvalue weighted by molar-refractivity contribution is 5.70. The van der Waals surface area contributed by atoms with Gasteiger partial charge < -0.3 is 39.4 Å². The molecule has 1 aliphatic rings. The molecular formula is C23H42O10. The lowest BCUT2D eigenvalue weighted by Gasteiger charge is -2.39. The average Bonchev–Trinajstić information content (AvgIpc) is 2.81. The van der Waals surface area contributed by atoms with E-state index in [4.69, 9.17) is 18.9 Å². The number of hydrogen-bond donors (Lipinski definition) is 4. The van der Waals surface area contributed by atoms with Gasteiger partial charge >= 0.3 is 11.9 Å². The molecule has 1 fully saturated rings. The lowest BCUT2D eigenvalue weighted by atomic mass is 9.99. The fraction of sp³-hybridized carbons (Fsp3) is 0.913. The lowest BCUT2D eigenvalue weighted by Crippen LogP contribution is -2.59. The Balaban J connectivity index is 2.47. The molecule has 0 radical (unpaired) electrons. The average molecular weight is 479 g/mol. The van der Waals surface area contributed by atoms with E-state index >= 15 is 0 Å². The van der Waals surface area contributed by atoms with Gasteiger partial charge in [-0.15, -0.1) is 0 Å². The molecular weight excluding hydrogens is 436 g/mol. The van der Waals surface area contributed by atoms with Crippen LogP contribution in [0.3, 0.4) is 0 Å². The maximum atomic E-state index is 12.2. The molecule has 0 saturated carbocycles. The maximum absolute atomic E-state index is 12.2.